The van der Waals surface area contributed by atoms with Crippen LogP contribution in [0.4, 0.5) is 0 Å². The number of hydrogen-bond acceptors (Lipinski definition) is 0. The molecule has 0 nitrogen and oxygen atoms in total. The second-order valence-corrected chi connectivity index (χ2v) is 2.72. The monoisotopic (exact) mass is 129 g/mol. The van der Waals surface area contributed by atoms with Gasteiger partial charge in [0.15, 0.2) is 0 Å². The summed E-state index contributed by atoms with van der Waals surface area (Å²) in [5, 5.41) is 0. The van der Waals surface area contributed by atoms with E-state index in [0.717, 1.165) is 6.42 Å². The Hall–Kier alpha value is -1.04. The van der Waals surface area contributed by atoms with Gasteiger partial charge in [0.2, 0.25) is 0 Å². The molecule has 2 rings (SSSR count). The van der Waals surface area contributed by atoms with Gasteiger partial charge >= 0.3 is 0 Å². The van der Waals surface area contributed by atoms with Crippen molar-refractivity contribution in [3.8, 4) is 0 Å². The Kier molecular flexibility index (Phi) is 1.13. The molecule has 49 valence electrons. The Morgan fingerprint density at radius 3 is 3.30 bits per heavy atom. The number of rotatable bonds is 0. The minimum Gasteiger partial charge on any atom is -0.0795 e. The fraction of sp³-hybridized carbons (Fsp3) is 0.200. The Balaban J connectivity index is 2.60. The van der Waals surface area contributed by atoms with Gasteiger partial charge in [-0.1, -0.05) is 24.3 Å². The van der Waals surface area contributed by atoms with Crippen LogP contribution in [-0.2, 0) is 6.42 Å². The van der Waals surface area contributed by atoms with Crippen molar-refractivity contribution in [3.63, 3.8) is 0 Å². The zero-order valence-corrected chi connectivity index (χ0v) is 6.02. The highest BCUT2D eigenvalue weighted by atomic mass is 14.1. The smallest absolute Gasteiger partial charge is 0.00820 e. The first kappa shape index (κ1) is 5.72. The van der Waals surface area contributed by atoms with E-state index in [0.29, 0.717) is 0 Å². The summed E-state index contributed by atoms with van der Waals surface area (Å²) in [6.07, 6.45) is 5.41. The second-order valence-electron chi connectivity index (χ2n) is 2.72. The SMILES string of the molecule is Cc1c[c]c2c(c1)C=CC2. The third-order valence-corrected chi connectivity index (χ3v) is 1.83. The molecule has 1 radical (unpaired) electrons. The Bertz CT molecular complexity index is 282. The first-order valence-corrected chi connectivity index (χ1v) is 3.54. The van der Waals surface area contributed by atoms with Crippen molar-refractivity contribution in [2.24, 2.45) is 0 Å². The average molecular weight is 129 g/mol. The van der Waals surface area contributed by atoms with E-state index in [-0.39, 0.29) is 0 Å². The van der Waals surface area contributed by atoms with Crippen LogP contribution in [0.2, 0.25) is 0 Å². The maximum Gasteiger partial charge on any atom is -0.00820 e. The van der Waals surface area contributed by atoms with E-state index in [9.17, 15) is 0 Å². The van der Waals surface area contributed by atoms with Gasteiger partial charge < -0.3 is 0 Å². The molecular formula is C10H9. The molecule has 1 aromatic rings. The average Bonchev–Trinajstić information content (AvgIpc) is 2.33. The van der Waals surface area contributed by atoms with Crippen LogP contribution >= 0.6 is 0 Å². The van der Waals surface area contributed by atoms with Crippen molar-refractivity contribution in [3.05, 3.63) is 41.0 Å². The molecule has 0 unspecified atom stereocenters. The lowest BCUT2D eigenvalue weighted by Gasteiger charge is -1.97. The number of benzene rings is 1. The molecule has 0 fully saturated rings. The summed E-state index contributed by atoms with van der Waals surface area (Å²) in [5.41, 5.74) is 3.98. The highest BCUT2D eigenvalue weighted by Gasteiger charge is 2.02. The lowest BCUT2D eigenvalue weighted by atomic mass is 10.1. The van der Waals surface area contributed by atoms with Gasteiger partial charge in [-0.2, -0.15) is 0 Å². The predicted molar refractivity (Wildman–Crippen MR) is 42.8 cm³/mol. The lowest BCUT2D eigenvalue weighted by molar-refractivity contribution is 1.28. The predicted octanol–water partition coefficient (Wildman–Crippen LogP) is 2.36. The first-order chi connectivity index (χ1) is 4.86. The molecule has 10 heavy (non-hydrogen) atoms. The first-order valence-electron chi connectivity index (χ1n) is 3.54. The molecule has 0 heterocycles. The summed E-state index contributed by atoms with van der Waals surface area (Å²) in [4.78, 5) is 0. The lowest BCUT2D eigenvalue weighted by Crippen LogP contribution is -1.81. The Morgan fingerprint density at radius 2 is 2.40 bits per heavy atom. The quantitative estimate of drug-likeness (QED) is 0.504. The molecule has 0 saturated carbocycles. The molecule has 0 atom stereocenters. The summed E-state index contributed by atoms with van der Waals surface area (Å²) >= 11 is 0. The summed E-state index contributed by atoms with van der Waals surface area (Å²) in [6, 6.07) is 7.51. The third-order valence-electron chi connectivity index (χ3n) is 1.83. The molecule has 1 aliphatic rings. The van der Waals surface area contributed by atoms with Crippen LogP contribution < -0.4 is 0 Å². The number of allylic oxidation sites excluding steroid dienone is 1. The van der Waals surface area contributed by atoms with Gasteiger partial charge in [-0.15, -0.1) is 0 Å². The Labute approximate surface area is 61.2 Å². The van der Waals surface area contributed by atoms with E-state index in [2.05, 4.69) is 31.2 Å². The van der Waals surface area contributed by atoms with Crippen molar-refractivity contribution < 1.29 is 0 Å². The second kappa shape index (κ2) is 1.98. The number of fused-ring (bicyclic) bond motifs is 1. The van der Waals surface area contributed by atoms with Crippen molar-refractivity contribution in [1.82, 2.24) is 0 Å². The summed E-state index contributed by atoms with van der Waals surface area (Å²) in [6.45, 7) is 2.10. The molecule has 1 aliphatic carbocycles. The minimum atomic E-state index is 1.07. The standard InChI is InChI=1S/C10H9/c1-8-5-6-9-3-2-4-10(9)7-8/h2,4-5,7H,3H2,1H3. The van der Waals surface area contributed by atoms with E-state index >= 15 is 0 Å². The molecule has 0 heteroatoms. The molecule has 1 aromatic carbocycles. The third kappa shape index (κ3) is 0.766. The van der Waals surface area contributed by atoms with Gasteiger partial charge in [0, 0.05) is 0 Å². The number of aryl methyl sites for hydroxylation is 1. The fourth-order valence-corrected chi connectivity index (χ4v) is 1.29. The molecule has 0 aromatic heterocycles. The highest BCUT2D eigenvalue weighted by Crippen LogP contribution is 2.19. The van der Waals surface area contributed by atoms with Crippen molar-refractivity contribution in [2.45, 2.75) is 13.3 Å². The van der Waals surface area contributed by atoms with Gasteiger partial charge in [-0.25, -0.2) is 0 Å². The van der Waals surface area contributed by atoms with E-state index < -0.39 is 0 Å². The van der Waals surface area contributed by atoms with Gasteiger partial charge in [0.1, 0.15) is 0 Å². The van der Waals surface area contributed by atoms with Gasteiger partial charge in [-0.3, -0.25) is 0 Å². The van der Waals surface area contributed by atoms with Crippen LogP contribution in [-0.4, -0.2) is 0 Å². The van der Waals surface area contributed by atoms with Crippen molar-refractivity contribution >= 4 is 6.08 Å². The van der Waals surface area contributed by atoms with E-state index in [1.807, 2.05) is 6.07 Å². The van der Waals surface area contributed by atoms with Gasteiger partial charge in [0.05, 0.1) is 0 Å². The highest BCUT2D eigenvalue weighted by molar-refractivity contribution is 5.60. The van der Waals surface area contributed by atoms with Gasteiger partial charge in [-0.05, 0) is 36.1 Å². The van der Waals surface area contributed by atoms with Crippen molar-refractivity contribution in [2.75, 3.05) is 0 Å². The molecular weight excluding hydrogens is 120 g/mol. The van der Waals surface area contributed by atoms with Crippen LogP contribution in [0.25, 0.3) is 6.08 Å². The summed E-state index contributed by atoms with van der Waals surface area (Å²) in [7, 11) is 0. The van der Waals surface area contributed by atoms with Crippen LogP contribution in [0.5, 0.6) is 0 Å². The zero-order chi connectivity index (χ0) is 6.97. The molecule has 0 aliphatic heterocycles. The Morgan fingerprint density at radius 1 is 1.50 bits per heavy atom. The van der Waals surface area contributed by atoms with Crippen molar-refractivity contribution in [1.29, 1.82) is 0 Å². The fourth-order valence-electron chi connectivity index (χ4n) is 1.29. The van der Waals surface area contributed by atoms with E-state index in [1.165, 1.54) is 16.7 Å². The molecule has 0 saturated heterocycles. The maximum atomic E-state index is 3.25. The van der Waals surface area contributed by atoms with Crippen LogP contribution in [0, 0.1) is 13.0 Å². The van der Waals surface area contributed by atoms with Crippen LogP contribution in [0.1, 0.15) is 16.7 Å². The largest absolute Gasteiger partial charge is 0.0795 e. The summed E-state index contributed by atoms with van der Waals surface area (Å²) < 4.78 is 0. The topological polar surface area (TPSA) is 0 Å². The zero-order valence-electron chi connectivity index (χ0n) is 6.02. The maximum absolute atomic E-state index is 3.25. The van der Waals surface area contributed by atoms with E-state index in [1.54, 1.807) is 0 Å². The van der Waals surface area contributed by atoms with Gasteiger partial charge in [0.25, 0.3) is 0 Å². The molecule has 0 N–H and O–H groups in total. The molecule has 0 bridgehead atoms. The molecule has 0 amide bonds. The normalized spacial score (nSPS) is 13.7. The number of hydrogen-bond donors (Lipinski definition) is 0. The minimum absolute atomic E-state index is 1.07. The van der Waals surface area contributed by atoms with Crippen LogP contribution in [0.15, 0.2) is 18.2 Å². The summed E-state index contributed by atoms with van der Waals surface area (Å²) in [5.74, 6) is 0. The van der Waals surface area contributed by atoms with E-state index in [4.69, 9.17) is 0 Å². The van der Waals surface area contributed by atoms with Crippen LogP contribution in [0.3, 0.4) is 0 Å². The molecule has 0 spiro atoms.